The largest absolute Gasteiger partial charge is 0.319 e. The summed E-state index contributed by atoms with van der Waals surface area (Å²) in [6.45, 7) is 6.59. The molecule has 1 aromatic heterocycles. The van der Waals surface area contributed by atoms with Crippen molar-refractivity contribution in [3.8, 4) is 0 Å². The maximum absolute atomic E-state index is 6.42. The van der Waals surface area contributed by atoms with Crippen molar-refractivity contribution in [2.75, 3.05) is 0 Å². The minimum atomic E-state index is -0.111. The van der Waals surface area contributed by atoms with Gasteiger partial charge in [-0.25, -0.2) is 0 Å². The Balaban J connectivity index is 2.27. The van der Waals surface area contributed by atoms with Gasteiger partial charge >= 0.3 is 0 Å². The summed E-state index contributed by atoms with van der Waals surface area (Å²) < 4.78 is 1.90. The van der Waals surface area contributed by atoms with E-state index in [9.17, 15) is 0 Å². The van der Waals surface area contributed by atoms with Crippen LogP contribution in [0.4, 0.5) is 0 Å². The zero-order chi connectivity index (χ0) is 14.7. The van der Waals surface area contributed by atoms with E-state index in [0.29, 0.717) is 5.92 Å². The Hall–Kier alpha value is -1.61. The zero-order valence-corrected chi connectivity index (χ0v) is 12.9. The van der Waals surface area contributed by atoms with Gasteiger partial charge in [0.15, 0.2) is 0 Å². The van der Waals surface area contributed by atoms with Crippen LogP contribution in [-0.4, -0.2) is 9.78 Å². The normalized spacial score (nSPS) is 12.9. The summed E-state index contributed by atoms with van der Waals surface area (Å²) in [7, 11) is 1.96. The molecule has 0 saturated heterocycles. The molecular weight excluding hydrogens is 246 g/mol. The van der Waals surface area contributed by atoms with Crippen molar-refractivity contribution < 1.29 is 0 Å². The van der Waals surface area contributed by atoms with Crippen molar-refractivity contribution in [3.63, 3.8) is 0 Å². The minimum absolute atomic E-state index is 0.111. The second-order valence-electron chi connectivity index (χ2n) is 5.86. The van der Waals surface area contributed by atoms with Gasteiger partial charge < -0.3 is 5.73 Å². The first kappa shape index (κ1) is 14.8. The lowest BCUT2D eigenvalue weighted by molar-refractivity contribution is 0.643. The van der Waals surface area contributed by atoms with Crippen LogP contribution >= 0.6 is 0 Å². The number of aromatic nitrogens is 2. The summed E-state index contributed by atoms with van der Waals surface area (Å²) in [5, 5.41) is 4.48. The third kappa shape index (κ3) is 3.28. The summed E-state index contributed by atoms with van der Waals surface area (Å²) in [5.41, 5.74) is 11.1. The van der Waals surface area contributed by atoms with E-state index >= 15 is 0 Å². The van der Waals surface area contributed by atoms with Crippen LogP contribution in [0.5, 0.6) is 0 Å². The maximum atomic E-state index is 6.42. The highest BCUT2D eigenvalue weighted by molar-refractivity contribution is 5.32. The van der Waals surface area contributed by atoms with Gasteiger partial charge in [-0.1, -0.05) is 45.0 Å². The van der Waals surface area contributed by atoms with Gasteiger partial charge in [0.1, 0.15) is 0 Å². The predicted molar refractivity (Wildman–Crippen MR) is 83.6 cm³/mol. The topological polar surface area (TPSA) is 43.8 Å². The molecule has 1 aromatic carbocycles. The molecule has 0 aliphatic rings. The molecule has 0 saturated carbocycles. The van der Waals surface area contributed by atoms with Crippen molar-refractivity contribution in [1.82, 2.24) is 9.78 Å². The van der Waals surface area contributed by atoms with Crippen LogP contribution < -0.4 is 5.73 Å². The molecule has 3 nitrogen and oxygen atoms in total. The highest BCUT2D eigenvalue weighted by atomic mass is 15.3. The lowest BCUT2D eigenvalue weighted by atomic mass is 9.97. The van der Waals surface area contributed by atoms with Crippen molar-refractivity contribution in [2.24, 2.45) is 18.7 Å². The van der Waals surface area contributed by atoms with Gasteiger partial charge in [-0.2, -0.15) is 5.10 Å². The lowest BCUT2D eigenvalue weighted by Gasteiger charge is -2.14. The number of nitrogens with two attached hydrogens (primary N) is 1. The fraction of sp³-hybridized carbons (Fsp3) is 0.471. The van der Waals surface area contributed by atoms with Crippen LogP contribution in [0.2, 0.25) is 0 Å². The molecule has 0 bridgehead atoms. The van der Waals surface area contributed by atoms with E-state index in [1.807, 2.05) is 11.7 Å². The van der Waals surface area contributed by atoms with Crippen LogP contribution in [0.15, 0.2) is 30.3 Å². The minimum Gasteiger partial charge on any atom is -0.319 e. The Morgan fingerprint density at radius 2 is 2.00 bits per heavy atom. The van der Waals surface area contributed by atoms with Crippen molar-refractivity contribution in [2.45, 2.75) is 39.7 Å². The Bertz CT molecular complexity index is 569. The van der Waals surface area contributed by atoms with Gasteiger partial charge in [-0.15, -0.1) is 0 Å². The lowest BCUT2D eigenvalue weighted by Crippen LogP contribution is -2.16. The molecule has 1 heterocycles. The summed E-state index contributed by atoms with van der Waals surface area (Å²) >= 11 is 0. The molecular formula is C17H25N3. The van der Waals surface area contributed by atoms with Crippen molar-refractivity contribution >= 4 is 0 Å². The molecule has 0 amide bonds. The van der Waals surface area contributed by atoms with E-state index in [1.165, 1.54) is 5.56 Å². The fourth-order valence-electron chi connectivity index (χ4n) is 2.56. The SMILES string of the molecule is CCc1cc(C(N)c2cccc(CC(C)C)c2)n(C)n1. The van der Waals surface area contributed by atoms with Crippen molar-refractivity contribution in [3.05, 3.63) is 52.8 Å². The van der Waals surface area contributed by atoms with E-state index in [4.69, 9.17) is 5.73 Å². The number of benzene rings is 1. The molecule has 0 aliphatic heterocycles. The predicted octanol–water partition coefficient (Wildman–Crippen LogP) is 3.23. The average molecular weight is 271 g/mol. The molecule has 20 heavy (non-hydrogen) atoms. The highest BCUT2D eigenvalue weighted by Crippen LogP contribution is 2.22. The number of hydrogen-bond donors (Lipinski definition) is 1. The first-order valence-corrected chi connectivity index (χ1v) is 7.38. The van der Waals surface area contributed by atoms with E-state index < -0.39 is 0 Å². The van der Waals surface area contributed by atoms with Gasteiger partial charge in [0.05, 0.1) is 17.4 Å². The second kappa shape index (κ2) is 6.23. The molecule has 1 atom stereocenters. The molecule has 3 heteroatoms. The fourth-order valence-corrected chi connectivity index (χ4v) is 2.56. The van der Waals surface area contributed by atoms with Gasteiger partial charge in [-0.05, 0) is 36.0 Å². The van der Waals surface area contributed by atoms with Gasteiger partial charge in [0.2, 0.25) is 0 Å². The Morgan fingerprint density at radius 3 is 2.60 bits per heavy atom. The first-order chi connectivity index (χ1) is 9.51. The highest BCUT2D eigenvalue weighted by Gasteiger charge is 2.15. The molecule has 0 radical (unpaired) electrons. The van der Waals surface area contributed by atoms with Gasteiger partial charge in [0.25, 0.3) is 0 Å². The van der Waals surface area contributed by atoms with Crippen LogP contribution in [0.25, 0.3) is 0 Å². The molecule has 0 aliphatic carbocycles. The van der Waals surface area contributed by atoms with Crippen LogP contribution in [0.3, 0.4) is 0 Å². The van der Waals surface area contributed by atoms with E-state index in [-0.39, 0.29) is 6.04 Å². The molecule has 108 valence electrons. The smallest absolute Gasteiger partial charge is 0.0723 e. The van der Waals surface area contributed by atoms with Gasteiger partial charge in [-0.3, -0.25) is 4.68 Å². The summed E-state index contributed by atoms with van der Waals surface area (Å²) in [5.74, 6) is 0.657. The third-order valence-electron chi connectivity index (χ3n) is 3.60. The van der Waals surface area contributed by atoms with Gasteiger partial charge in [0, 0.05) is 7.05 Å². The summed E-state index contributed by atoms with van der Waals surface area (Å²) in [6.07, 6.45) is 2.03. The second-order valence-corrected chi connectivity index (χ2v) is 5.86. The van der Waals surface area contributed by atoms with Crippen LogP contribution in [0.1, 0.15) is 49.3 Å². The monoisotopic (exact) mass is 271 g/mol. The number of aryl methyl sites for hydroxylation is 2. The van der Waals surface area contributed by atoms with E-state index in [0.717, 1.165) is 29.8 Å². The molecule has 2 N–H and O–H groups in total. The van der Waals surface area contributed by atoms with Crippen LogP contribution in [0, 0.1) is 5.92 Å². The number of rotatable bonds is 5. The molecule has 2 rings (SSSR count). The third-order valence-corrected chi connectivity index (χ3v) is 3.60. The van der Waals surface area contributed by atoms with Crippen LogP contribution in [-0.2, 0) is 19.9 Å². The van der Waals surface area contributed by atoms with Crippen molar-refractivity contribution in [1.29, 1.82) is 0 Å². The quantitative estimate of drug-likeness (QED) is 0.907. The zero-order valence-electron chi connectivity index (χ0n) is 12.9. The first-order valence-electron chi connectivity index (χ1n) is 7.38. The molecule has 0 spiro atoms. The Labute approximate surface area is 121 Å². The van der Waals surface area contributed by atoms with E-state index in [1.54, 1.807) is 0 Å². The molecule has 0 fully saturated rings. The van der Waals surface area contributed by atoms with E-state index in [2.05, 4.69) is 56.2 Å². The average Bonchev–Trinajstić information content (AvgIpc) is 2.79. The summed E-state index contributed by atoms with van der Waals surface area (Å²) in [6, 6.07) is 10.6. The molecule has 1 unspecified atom stereocenters. The number of nitrogens with zero attached hydrogens (tertiary/aromatic N) is 2. The summed E-state index contributed by atoms with van der Waals surface area (Å²) in [4.78, 5) is 0. The standard InChI is InChI=1S/C17H25N3/c1-5-15-11-16(20(4)19-15)17(18)14-8-6-7-13(10-14)9-12(2)3/h6-8,10-12,17H,5,9,18H2,1-4H3. The Kier molecular flexibility index (Phi) is 4.61. The number of hydrogen-bond acceptors (Lipinski definition) is 2. The maximum Gasteiger partial charge on any atom is 0.0723 e. The molecule has 2 aromatic rings. The Morgan fingerprint density at radius 1 is 1.25 bits per heavy atom.